The van der Waals surface area contributed by atoms with Crippen molar-refractivity contribution in [2.24, 2.45) is 0 Å². The van der Waals surface area contributed by atoms with E-state index < -0.39 is 19.1 Å². The standard InChI is InChI=1S/C11H10F2N2O2/c1-7-4-8(5-14)2-3-9(7)15(11(16)17)6-10(12)13/h2-4,10H,6H2,1H3,(H,16,17). The van der Waals surface area contributed by atoms with E-state index in [4.69, 9.17) is 10.4 Å². The Balaban J connectivity index is 3.11. The zero-order valence-corrected chi connectivity index (χ0v) is 9.02. The minimum absolute atomic E-state index is 0.164. The molecule has 17 heavy (non-hydrogen) atoms. The van der Waals surface area contributed by atoms with Crippen LogP contribution in [0.15, 0.2) is 18.2 Å². The van der Waals surface area contributed by atoms with Gasteiger partial charge in [-0.05, 0) is 30.7 Å². The predicted octanol–water partition coefficient (Wildman–Crippen LogP) is 2.62. The van der Waals surface area contributed by atoms with Gasteiger partial charge < -0.3 is 5.11 Å². The number of nitriles is 1. The maximum absolute atomic E-state index is 12.3. The van der Waals surface area contributed by atoms with Crippen LogP contribution in [0, 0.1) is 18.3 Å². The monoisotopic (exact) mass is 240 g/mol. The second-order valence-corrected chi connectivity index (χ2v) is 3.40. The molecule has 0 atom stereocenters. The summed E-state index contributed by atoms with van der Waals surface area (Å²) >= 11 is 0. The molecule has 0 fully saturated rings. The van der Waals surface area contributed by atoms with Gasteiger partial charge in [-0.1, -0.05) is 0 Å². The second-order valence-electron chi connectivity index (χ2n) is 3.40. The number of alkyl halides is 2. The van der Waals surface area contributed by atoms with Gasteiger partial charge in [0.05, 0.1) is 23.9 Å². The van der Waals surface area contributed by atoms with Crippen molar-refractivity contribution >= 4 is 11.8 Å². The molecule has 0 aliphatic rings. The molecule has 1 rings (SSSR count). The molecule has 4 nitrogen and oxygen atoms in total. The van der Waals surface area contributed by atoms with Crippen molar-refractivity contribution < 1.29 is 18.7 Å². The molecule has 0 saturated heterocycles. The number of carbonyl (C=O) groups is 1. The number of anilines is 1. The highest BCUT2D eigenvalue weighted by Gasteiger charge is 2.20. The molecule has 90 valence electrons. The van der Waals surface area contributed by atoms with Crippen LogP contribution in [0.1, 0.15) is 11.1 Å². The van der Waals surface area contributed by atoms with E-state index in [2.05, 4.69) is 0 Å². The number of aryl methyl sites for hydroxylation is 1. The lowest BCUT2D eigenvalue weighted by atomic mass is 10.1. The Labute approximate surface area is 96.7 Å². The minimum Gasteiger partial charge on any atom is -0.465 e. The highest BCUT2D eigenvalue weighted by Crippen LogP contribution is 2.22. The van der Waals surface area contributed by atoms with E-state index in [9.17, 15) is 13.6 Å². The molecule has 1 aromatic carbocycles. The van der Waals surface area contributed by atoms with Gasteiger partial charge in [-0.3, -0.25) is 4.90 Å². The Morgan fingerprint density at radius 2 is 2.24 bits per heavy atom. The average molecular weight is 240 g/mol. The van der Waals surface area contributed by atoms with Gasteiger partial charge in [0.15, 0.2) is 0 Å². The van der Waals surface area contributed by atoms with Crippen LogP contribution >= 0.6 is 0 Å². The molecule has 0 spiro atoms. The Morgan fingerprint density at radius 1 is 1.59 bits per heavy atom. The van der Waals surface area contributed by atoms with Gasteiger partial charge in [-0.25, -0.2) is 13.6 Å². The second kappa shape index (κ2) is 5.25. The molecule has 0 saturated carbocycles. The lowest BCUT2D eigenvalue weighted by Gasteiger charge is -2.20. The number of hydrogen-bond acceptors (Lipinski definition) is 2. The molecule has 1 amide bonds. The summed E-state index contributed by atoms with van der Waals surface area (Å²) in [6.07, 6.45) is -4.20. The van der Waals surface area contributed by atoms with Crippen molar-refractivity contribution in [3.8, 4) is 6.07 Å². The third-order valence-electron chi connectivity index (χ3n) is 2.17. The van der Waals surface area contributed by atoms with Crippen LogP contribution < -0.4 is 4.90 Å². The Hall–Kier alpha value is -2.16. The largest absolute Gasteiger partial charge is 0.465 e. The van der Waals surface area contributed by atoms with Crippen molar-refractivity contribution in [1.82, 2.24) is 0 Å². The lowest BCUT2D eigenvalue weighted by molar-refractivity contribution is 0.148. The van der Waals surface area contributed by atoms with Gasteiger partial charge in [0.25, 0.3) is 6.43 Å². The zero-order chi connectivity index (χ0) is 13.0. The van der Waals surface area contributed by atoms with E-state index in [1.165, 1.54) is 18.2 Å². The van der Waals surface area contributed by atoms with Crippen molar-refractivity contribution in [1.29, 1.82) is 5.26 Å². The topological polar surface area (TPSA) is 64.3 Å². The number of carboxylic acid groups (broad SMARTS) is 1. The van der Waals surface area contributed by atoms with Crippen molar-refractivity contribution in [3.63, 3.8) is 0 Å². The quantitative estimate of drug-likeness (QED) is 0.883. The van der Waals surface area contributed by atoms with Gasteiger partial charge in [-0.15, -0.1) is 0 Å². The molecule has 6 heteroatoms. The molecule has 0 radical (unpaired) electrons. The fraction of sp³-hybridized carbons (Fsp3) is 0.273. The molecular formula is C11H10F2N2O2. The van der Waals surface area contributed by atoms with Gasteiger partial charge >= 0.3 is 6.09 Å². The minimum atomic E-state index is -2.75. The predicted molar refractivity (Wildman–Crippen MR) is 57.3 cm³/mol. The fourth-order valence-electron chi connectivity index (χ4n) is 1.45. The van der Waals surface area contributed by atoms with Crippen molar-refractivity contribution in [2.45, 2.75) is 13.3 Å². The van der Waals surface area contributed by atoms with Gasteiger partial charge in [0.1, 0.15) is 0 Å². The highest BCUT2D eigenvalue weighted by molar-refractivity contribution is 5.87. The molecular weight excluding hydrogens is 230 g/mol. The van der Waals surface area contributed by atoms with E-state index in [0.29, 0.717) is 16.0 Å². The number of rotatable bonds is 3. The number of benzene rings is 1. The SMILES string of the molecule is Cc1cc(C#N)ccc1N(CC(F)F)C(=O)O. The smallest absolute Gasteiger partial charge is 0.412 e. The van der Waals surface area contributed by atoms with Crippen LogP contribution in [-0.2, 0) is 0 Å². The van der Waals surface area contributed by atoms with Crippen LogP contribution in [0.2, 0.25) is 0 Å². The first-order chi connectivity index (χ1) is 7.95. The molecule has 1 N–H and O–H groups in total. The maximum atomic E-state index is 12.3. The Kier molecular flexibility index (Phi) is 3.99. The lowest BCUT2D eigenvalue weighted by Crippen LogP contribution is -2.34. The van der Waals surface area contributed by atoms with E-state index >= 15 is 0 Å². The summed E-state index contributed by atoms with van der Waals surface area (Å²) < 4.78 is 24.5. The van der Waals surface area contributed by atoms with E-state index in [0.717, 1.165) is 0 Å². The first-order valence-corrected chi connectivity index (χ1v) is 4.75. The fourth-order valence-corrected chi connectivity index (χ4v) is 1.45. The van der Waals surface area contributed by atoms with Gasteiger partial charge in [0.2, 0.25) is 0 Å². The van der Waals surface area contributed by atoms with E-state index in [1.54, 1.807) is 6.92 Å². The summed E-state index contributed by atoms with van der Waals surface area (Å²) in [6, 6.07) is 6.09. The van der Waals surface area contributed by atoms with Crippen LogP contribution in [0.5, 0.6) is 0 Å². The molecule has 0 aliphatic heterocycles. The number of amides is 1. The Morgan fingerprint density at radius 3 is 2.65 bits per heavy atom. The van der Waals surface area contributed by atoms with E-state index in [1.807, 2.05) is 6.07 Å². The summed E-state index contributed by atoms with van der Waals surface area (Å²) in [6.45, 7) is 0.680. The Bertz CT molecular complexity index is 469. The average Bonchev–Trinajstić information content (AvgIpc) is 2.25. The maximum Gasteiger partial charge on any atom is 0.412 e. The molecule has 0 unspecified atom stereocenters. The number of hydrogen-bond donors (Lipinski definition) is 1. The van der Waals surface area contributed by atoms with Crippen LogP contribution in [0.25, 0.3) is 0 Å². The third kappa shape index (κ3) is 3.14. The first-order valence-electron chi connectivity index (χ1n) is 4.75. The zero-order valence-electron chi connectivity index (χ0n) is 9.02. The summed E-state index contributed by atoms with van der Waals surface area (Å²) in [5.74, 6) is 0. The normalized spacial score (nSPS) is 10.1. The summed E-state index contributed by atoms with van der Waals surface area (Å²) in [7, 11) is 0. The van der Waals surface area contributed by atoms with Gasteiger partial charge in [0, 0.05) is 0 Å². The highest BCUT2D eigenvalue weighted by atomic mass is 19.3. The molecule has 0 heterocycles. The van der Waals surface area contributed by atoms with Crippen molar-refractivity contribution in [3.05, 3.63) is 29.3 Å². The number of halogens is 2. The van der Waals surface area contributed by atoms with Crippen LogP contribution in [-0.4, -0.2) is 24.2 Å². The molecule has 0 bridgehead atoms. The van der Waals surface area contributed by atoms with Gasteiger partial charge in [-0.2, -0.15) is 5.26 Å². The molecule has 0 aliphatic carbocycles. The van der Waals surface area contributed by atoms with Crippen LogP contribution in [0.3, 0.4) is 0 Å². The third-order valence-corrected chi connectivity index (χ3v) is 2.17. The molecule has 1 aromatic rings. The van der Waals surface area contributed by atoms with Crippen molar-refractivity contribution in [2.75, 3.05) is 11.4 Å². The molecule has 0 aromatic heterocycles. The first kappa shape index (κ1) is 12.9. The summed E-state index contributed by atoms with van der Waals surface area (Å²) in [5.41, 5.74) is 0.984. The summed E-state index contributed by atoms with van der Waals surface area (Å²) in [5, 5.41) is 17.5. The van der Waals surface area contributed by atoms with E-state index in [-0.39, 0.29) is 5.69 Å². The summed E-state index contributed by atoms with van der Waals surface area (Å²) in [4.78, 5) is 11.4. The van der Waals surface area contributed by atoms with Crippen LogP contribution in [0.4, 0.5) is 19.3 Å². The number of nitrogens with zero attached hydrogens (tertiary/aromatic N) is 2.